The fraction of sp³-hybridized carbons (Fsp3) is 0.174. The number of rotatable bonds is 7. The molecule has 2 heterocycles. The third-order valence-electron chi connectivity index (χ3n) is 4.77. The van der Waals surface area contributed by atoms with E-state index in [0.29, 0.717) is 53.3 Å². The normalized spacial score (nSPS) is 11.4. The van der Waals surface area contributed by atoms with Crippen LogP contribution in [0.3, 0.4) is 0 Å². The van der Waals surface area contributed by atoms with Gasteiger partial charge in [0.1, 0.15) is 29.3 Å². The van der Waals surface area contributed by atoms with Gasteiger partial charge in [0.05, 0.1) is 22.3 Å². The van der Waals surface area contributed by atoms with Gasteiger partial charge in [-0.1, -0.05) is 0 Å². The molecule has 168 valence electrons. The number of hydrogen-bond donors (Lipinski definition) is 2. The number of hydrogen-bond acceptors (Lipinski definition) is 5. The molecule has 0 saturated carbocycles. The summed E-state index contributed by atoms with van der Waals surface area (Å²) in [5, 5.41) is 12.5. The number of alkyl halides is 3. The number of ether oxygens (including phenoxy) is 1. The average molecular weight is 455 g/mol. The van der Waals surface area contributed by atoms with E-state index in [9.17, 15) is 22.8 Å². The zero-order valence-corrected chi connectivity index (χ0v) is 17.1. The number of nitrogens with one attached hydrogen (secondary N) is 2. The fourth-order valence-electron chi connectivity index (χ4n) is 3.29. The Bertz CT molecular complexity index is 1310. The molecule has 2 aromatic carbocycles. The van der Waals surface area contributed by atoms with E-state index < -0.39 is 6.36 Å². The summed E-state index contributed by atoms with van der Waals surface area (Å²) < 4.78 is 54.3. The summed E-state index contributed by atoms with van der Waals surface area (Å²) in [7, 11) is 0. The first kappa shape index (κ1) is 22.1. The molecule has 0 spiro atoms. The van der Waals surface area contributed by atoms with Crippen molar-refractivity contribution in [2.45, 2.75) is 19.2 Å². The average Bonchev–Trinajstić information content (AvgIpc) is 3.18. The molecule has 0 aliphatic heterocycles. The highest BCUT2D eigenvalue weighted by Crippen LogP contribution is 2.26. The van der Waals surface area contributed by atoms with E-state index in [4.69, 9.17) is 0 Å². The number of aromatic amines is 1. The summed E-state index contributed by atoms with van der Waals surface area (Å²) >= 11 is 0. The Morgan fingerprint density at radius 2 is 1.82 bits per heavy atom. The van der Waals surface area contributed by atoms with Gasteiger partial charge in [-0.05, 0) is 55.0 Å². The number of anilines is 1. The second-order valence-electron chi connectivity index (χ2n) is 7.15. The molecule has 0 unspecified atom stereocenters. The summed E-state index contributed by atoms with van der Waals surface area (Å²) in [6.45, 7) is 0.480. The Hall–Kier alpha value is -4.13. The lowest BCUT2D eigenvalue weighted by Crippen LogP contribution is -2.16. The van der Waals surface area contributed by atoms with Crippen LogP contribution in [0.25, 0.3) is 22.3 Å². The second kappa shape index (κ2) is 9.16. The number of fused-ring (bicyclic) bond motifs is 1. The van der Waals surface area contributed by atoms with E-state index in [1.807, 2.05) is 0 Å². The number of pyridine rings is 1. The molecule has 33 heavy (non-hydrogen) atoms. The van der Waals surface area contributed by atoms with E-state index in [1.54, 1.807) is 24.3 Å². The summed E-state index contributed by atoms with van der Waals surface area (Å²) in [4.78, 5) is 11.8. The van der Waals surface area contributed by atoms with E-state index in [-0.39, 0.29) is 11.6 Å². The summed E-state index contributed by atoms with van der Waals surface area (Å²) in [5.74, 6) is 0.366. The minimum Gasteiger partial charge on any atom is -0.406 e. The smallest absolute Gasteiger partial charge is 0.406 e. The van der Waals surface area contributed by atoms with Gasteiger partial charge in [0, 0.05) is 24.6 Å². The van der Waals surface area contributed by atoms with Crippen LogP contribution in [0.1, 0.15) is 17.8 Å². The van der Waals surface area contributed by atoms with Gasteiger partial charge in [-0.2, -0.15) is 5.26 Å². The topological polar surface area (TPSA) is 86.6 Å². The maximum Gasteiger partial charge on any atom is 0.573 e. The molecule has 0 aliphatic rings. The van der Waals surface area contributed by atoms with Crippen LogP contribution in [0.15, 0.2) is 54.6 Å². The first-order valence-corrected chi connectivity index (χ1v) is 9.96. The molecule has 0 aliphatic carbocycles. The summed E-state index contributed by atoms with van der Waals surface area (Å²) in [6.07, 6.45) is -3.61. The molecule has 0 saturated heterocycles. The summed E-state index contributed by atoms with van der Waals surface area (Å²) in [6, 6.07) is 15.3. The number of benzene rings is 2. The number of H-pyrrole nitrogens is 1. The predicted octanol–water partition coefficient (Wildman–Crippen LogP) is 5.58. The third-order valence-corrected chi connectivity index (χ3v) is 4.77. The first-order valence-electron chi connectivity index (χ1n) is 9.96. The molecule has 6 nitrogen and oxygen atoms in total. The van der Waals surface area contributed by atoms with Crippen molar-refractivity contribution in [3.8, 4) is 23.1 Å². The van der Waals surface area contributed by atoms with Crippen molar-refractivity contribution in [1.29, 1.82) is 5.26 Å². The zero-order valence-electron chi connectivity index (χ0n) is 17.1. The van der Waals surface area contributed by atoms with Gasteiger partial charge in [0.15, 0.2) is 0 Å². The fourth-order valence-corrected chi connectivity index (χ4v) is 3.29. The maximum absolute atomic E-state index is 13.2. The SMILES string of the molecule is N#Cc1ccc(-c2ccc(F)cc2)nc1NCCCc1nc2ccc(OC(F)(F)F)cc2[nH]1. The van der Waals surface area contributed by atoms with Crippen LogP contribution in [0, 0.1) is 17.1 Å². The van der Waals surface area contributed by atoms with E-state index in [0.717, 1.165) is 5.56 Å². The van der Waals surface area contributed by atoms with Crippen LogP contribution in [0.5, 0.6) is 5.75 Å². The Balaban J connectivity index is 1.39. The molecule has 4 rings (SSSR count). The lowest BCUT2D eigenvalue weighted by Gasteiger charge is -2.09. The highest BCUT2D eigenvalue weighted by molar-refractivity contribution is 5.76. The highest BCUT2D eigenvalue weighted by Gasteiger charge is 2.31. The lowest BCUT2D eigenvalue weighted by atomic mass is 10.1. The molecule has 2 aromatic heterocycles. The van der Waals surface area contributed by atoms with Gasteiger partial charge in [-0.25, -0.2) is 14.4 Å². The zero-order chi connectivity index (χ0) is 23.4. The van der Waals surface area contributed by atoms with Crippen molar-refractivity contribution >= 4 is 16.9 Å². The molecule has 0 atom stereocenters. The highest BCUT2D eigenvalue weighted by atomic mass is 19.4. The van der Waals surface area contributed by atoms with Gasteiger partial charge in [-0.3, -0.25) is 0 Å². The van der Waals surface area contributed by atoms with E-state index in [2.05, 4.69) is 31.1 Å². The molecule has 10 heteroatoms. The second-order valence-corrected chi connectivity index (χ2v) is 7.15. The molecule has 0 fully saturated rings. The number of nitrogens with zero attached hydrogens (tertiary/aromatic N) is 3. The number of imidazole rings is 1. The summed E-state index contributed by atoms with van der Waals surface area (Å²) in [5.41, 5.74) is 2.68. The van der Waals surface area contributed by atoms with Crippen molar-refractivity contribution in [2.24, 2.45) is 0 Å². The van der Waals surface area contributed by atoms with Crippen molar-refractivity contribution in [3.63, 3.8) is 0 Å². The third kappa shape index (κ3) is 5.57. The molecule has 4 aromatic rings. The molecule has 0 amide bonds. The minimum atomic E-state index is -4.76. The molecule has 0 bridgehead atoms. The van der Waals surface area contributed by atoms with Crippen molar-refractivity contribution in [3.05, 3.63) is 71.8 Å². The molecule has 0 radical (unpaired) electrons. The quantitative estimate of drug-likeness (QED) is 0.281. The number of aromatic nitrogens is 3. The Kier molecular flexibility index (Phi) is 6.13. The van der Waals surface area contributed by atoms with Crippen LogP contribution >= 0.6 is 0 Å². The predicted molar refractivity (Wildman–Crippen MR) is 114 cm³/mol. The molecule has 2 N–H and O–H groups in total. The van der Waals surface area contributed by atoms with Crippen LogP contribution in [0.4, 0.5) is 23.4 Å². The molecular weight excluding hydrogens is 438 g/mol. The largest absolute Gasteiger partial charge is 0.573 e. The lowest BCUT2D eigenvalue weighted by molar-refractivity contribution is -0.274. The van der Waals surface area contributed by atoms with Gasteiger partial charge in [0.25, 0.3) is 0 Å². The maximum atomic E-state index is 13.2. The molecular formula is C23H17F4N5O. The van der Waals surface area contributed by atoms with Gasteiger partial charge < -0.3 is 15.0 Å². The van der Waals surface area contributed by atoms with Crippen molar-refractivity contribution < 1.29 is 22.3 Å². The van der Waals surface area contributed by atoms with Gasteiger partial charge >= 0.3 is 6.36 Å². The van der Waals surface area contributed by atoms with Gasteiger partial charge in [0.2, 0.25) is 0 Å². The Morgan fingerprint density at radius 3 is 2.55 bits per heavy atom. The van der Waals surface area contributed by atoms with Crippen LogP contribution in [0.2, 0.25) is 0 Å². The number of halogens is 4. The Labute approximate surface area is 185 Å². The van der Waals surface area contributed by atoms with Crippen molar-refractivity contribution in [2.75, 3.05) is 11.9 Å². The van der Waals surface area contributed by atoms with Gasteiger partial charge in [-0.15, -0.1) is 13.2 Å². The first-order chi connectivity index (χ1) is 15.8. The number of aryl methyl sites for hydroxylation is 1. The standard InChI is InChI=1S/C23H17F4N5O/c24-16-6-3-14(4-7-16)18-9-5-15(13-28)22(32-18)29-11-1-2-21-30-19-10-8-17(12-20(19)31-21)33-23(25,26)27/h3-10,12H,1-2,11H2,(H,29,32)(H,30,31). The number of nitriles is 1. The minimum absolute atomic E-state index is 0.317. The Morgan fingerprint density at radius 1 is 1.03 bits per heavy atom. The van der Waals surface area contributed by atoms with Crippen LogP contribution in [-0.4, -0.2) is 27.9 Å². The van der Waals surface area contributed by atoms with Crippen LogP contribution in [-0.2, 0) is 6.42 Å². The van der Waals surface area contributed by atoms with Crippen LogP contribution < -0.4 is 10.1 Å². The van der Waals surface area contributed by atoms with E-state index >= 15 is 0 Å². The van der Waals surface area contributed by atoms with Crippen molar-refractivity contribution in [1.82, 2.24) is 15.0 Å². The monoisotopic (exact) mass is 455 g/mol. The van der Waals surface area contributed by atoms with E-state index in [1.165, 1.54) is 30.3 Å².